The van der Waals surface area contributed by atoms with E-state index in [0.717, 1.165) is 13.1 Å². The van der Waals surface area contributed by atoms with Crippen LogP contribution in [0.3, 0.4) is 0 Å². The fourth-order valence-electron chi connectivity index (χ4n) is 2.28. The minimum Gasteiger partial charge on any atom is -0.457 e. The molecule has 2 rings (SSSR count). The van der Waals surface area contributed by atoms with Crippen molar-refractivity contribution in [2.75, 3.05) is 20.1 Å². The molecule has 0 aromatic carbocycles. The Hall–Kier alpha value is -1.54. The minimum absolute atomic E-state index is 0.0265. The summed E-state index contributed by atoms with van der Waals surface area (Å²) in [5.74, 6) is -0.291. The minimum atomic E-state index is -0.824. The average Bonchev–Trinajstić information content (AvgIpc) is 2.87. The monoisotopic (exact) mass is 344 g/mol. The molecule has 8 heteroatoms. The van der Waals surface area contributed by atoms with E-state index in [9.17, 15) is 4.79 Å². The fourth-order valence-corrected chi connectivity index (χ4v) is 2.70. The summed E-state index contributed by atoms with van der Waals surface area (Å²) < 4.78 is 5.41. The van der Waals surface area contributed by atoms with Gasteiger partial charge in [-0.1, -0.05) is 5.16 Å². The topological polar surface area (TPSA) is 104 Å². The SMILES string of the molecule is CN1CCC(NC(=O)c2ccoc2Br)(/C(N)=N/O)CC1. The zero-order valence-electron chi connectivity index (χ0n) is 11.1. The van der Waals surface area contributed by atoms with Crippen molar-refractivity contribution < 1.29 is 14.4 Å². The summed E-state index contributed by atoms with van der Waals surface area (Å²) in [5, 5.41) is 15.0. The first kappa shape index (κ1) is 14.9. The van der Waals surface area contributed by atoms with Gasteiger partial charge < -0.3 is 25.6 Å². The van der Waals surface area contributed by atoms with Gasteiger partial charge in [0.15, 0.2) is 10.5 Å². The predicted molar refractivity (Wildman–Crippen MR) is 76.7 cm³/mol. The number of likely N-dealkylation sites (tertiary alicyclic amines) is 1. The molecule has 1 aliphatic heterocycles. The first-order valence-corrected chi connectivity index (χ1v) is 7.00. The molecule has 1 aromatic rings. The molecule has 20 heavy (non-hydrogen) atoms. The number of oxime groups is 1. The number of furan rings is 1. The second-order valence-corrected chi connectivity index (χ2v) is 5.65. The number of nitrogens with one attached hydrogen (secondary N) is 1. The molecule has 2 heterocycles. The Labute approximate surface area is 124 Å². The molecule has 110 valence electrons. The molecule has 1 fully saturated rings. The van der Waals surface area contributed by atoms with Gasteiger partial charge in [0.05, 0.1) is 11.8 Å². The first-order chi connectivity index (χ1) is 9.48. The number of carbonyl (C=O) groups is 1. The number of rotatable bonds is 3. The largest absolute Gasteiger partial charge is 0.457 e. The van der Waals surface area contributed by atoms with Gasteiger partial charge in [0.25, 0.3) is 5.91 Å². The van der Waals surface area contributed by atoms with Crippen LogP contribution in [0.2, 0.25) is 0 Å². The molecule has 1 saturated heterocycles. The molecule has 0 bridgehead atoms. The number of amides is 1. The van der Waals surface area contributed by atoms with Crippen molar-refractivity contribution in [2.24, 2.45) is 10.9 Å². The number of nitrogens with two attached hydrogens (primary N) is 1. The Morgan fingerprint density at radius 3 is 2.75 bits per heavy atom. The molecule has 0 saturated carbocycles. The van der Waals surface area contributed by atoms with Crippen LogP contribution in [0.4, 0.5) is 0 Å². The lowest BCUT2D eigenvalue weighted by Crippen LogP contribution is -2.62. The van der Waals surface area contributed by atoms with Crippen molar-refractivity contribution in [2.45, 2.75) is 18.4 Å². The number of hydrogen-bond acceptors (Lipinski definition) is 5. The van der Waals surface area contributed by atoms with Gasteiger partial charge in [0.1, 0.15) is 5.54 Å². The van der Waals surface area contributed by atoms with Gasteiger partial charge in [0, 0.05) is 13.1 Å². The zero-order valence-corrected chi connectivity index (χ0v) is 12.7. The van der Waals surface area contributed by atoms with Crippen LogP contribution in [-0.4, -0.2) is 47.5 Å². The van der Waals surface area contributed by atoms with Crippen molar-refractivity contribution >= 4 is 27.7 Å². The summed E-state index contributed by atoms with van der Waals surface area (Å²) in [7, 11) is 1.99. The first-order valence-electron chi connectivity index (χ1n) is 6.20. The van der Waals surface area contributed by atoms with Gasteiger partial charge in [-0.25, -0.2) is 0 Å². The molecule has 0 aliphatic carbocycles. The highest BCUT2D eigenvalue weighted by Crippen LogP contribution is 2.24. The quantitative estimate of drug-likeness (QED) is 0.328. The number of carbonyl (C=O) groups excluding carboxylic acids is 1. The van der Waals surface area contributed by atoms with Crippen LogP contribution < -0.4 is 11.1 Å². The molecule has 0 atom stereocenters. The predicted octanol–water partition coefficient (Wildman–Crippen LogP) is 0.983. The Kier molecular flexibility index (Phi) is 4.34. The third-order valence-corrected chi connectivity index (χ3v) is 4.27. The van der Waals surface area contributed by atoms with Crippen molar-refractivity contribution in [1.29, 1.82) is 0 Å². The van der Waals surface area contributed by atoms with Gasteiger partial charge in [0.2, 0.25) is 0 Å². The average molecular weight is 345 g/mol. The maximum atomic E-state index is 12.3. The zero-order chi connectivity index (χ0) is 14.8. The number of amidine groups is 1. The Morgan fingerprint density at radius 2 is 2.25 bits per heavy atom. The standard InChI is InChI=1S/C12H17BrN4O3/c1-17-5-3-12(4-6-17,11(14)16-19)15-10(18)8-2-7-20-9(8)13/h2,7,19H,3-6H2,1H3,(H2,14,16)(H,15,18). The summed E-state index contributed by atoms with van der Waals surface area (Å²) in [6, 6.07) is 1.56. The summed E-state index contributed by atoms with van der Waals surface area (Å²) >= 11 is 3.17. The van der Waals surface area contributed by atoms with Gasteiger partial charge >= 0.3 is 0 Å². The maximum Gasteiger partial charge on any atom is 0.256 e. The highest BCUT2D eigenvalue weighted by atomic mass is 79.9. The van der Waals surface area contributed by atoms with Crippen LogP contribution in [0.1, 0.15) is 23.2 Å². The molecule has 1 aliphatic rings. The van der Waals surface area contributed by atoms with E-state index in [-0.39, 0.29) is 11.7 Å². The Bertz CT molecular complexity index is 521. The van der Waals surface area contributed by atoms with Crippen molar-refractivity contribution in [3.63, 3.8) is 0 Å². The Morgan fingerprint density at radius 1 is 1.60 bits per heavy atom. The molecule has 7 nitrogen and oxygen atoms in total. The molecular formula is C12H17BrN4O3. The van der Waals surface area contributed by atoms with Crippen LogP contribution in [0.25, 0.3) is 0 Å². The van der Waals surface area contributed by atoms with E-state index in [1.807, 2.05) is 7.05 Å². The van der Waals surface area contributed by atoms with Crippen molar-refractivity contribution in [3.8, 4) is 0 Å². The lowest BCUT2D eigenvalue weighted by molar-refractivity contribution is 0.0884. The second-order valence-electron chi connectivity index (χ2n) is 4.93. The number of hydrogen-bond donors (Lipinski definition) is 3. The van der Waals surface area contributed by atoms with E-state index in [1.165, 1.54) is 6.26 Å². The molecule has 0 radical (unpaired) electrons. The van der Waals surface area contributed by atoms with E-state index in [0.29, 0.717) is 23.1 Å². The number of piperidine rings is 1. The number of halogens is 1. The molecule has 0 unspecified atom stereocenters. The summed E-state index contributed by atoms with van der Waals surface area (Å²) in [6.45, 7) is 1.51. The molecular weight excluding hydrogens is 328 g/mol. The van der Waals surface area contributed by atoms with Gasteiger partial charge in [-0.15, -0.1) is 0 Å². The van der Waals surface area contributed by atoms with Crippen LogP contribution in [0, 0.1) is 0 Å². The van der Waals surface area contributed by atoms with E-state index in [1.54, 1.807) is 6.07 Å². The van der Waals surface area contributed by atoms with E-state index < -0.39 is 5.54 Å². The third kappa shape index (κ3) is 2.80. The maximum absolute atomic E-state index is 12.3. The lowest BCUT2D eigenvalue weighted by Gasteiger charge is -2.40. The summed E-state index contributed by atoms with van der Waals surface area (Å²) in [4.78, 5) is 14.4. The summed E-state index contributed by atoms with van der Waals surface area (Å²) in [5.41, 5.74) is 5.36. The van der Waals surface area contributed by atoms with Crippen molar-refractivity contribution in [1.82, 2.24) is 10.2 Å². The van der Waals surface area contributed by atoms with Gasteiger partial charge in [-0.05, 0) is 41.9 Å². The van der Waals surface area contributed by atoms with Crippen molar-refractivity contribution in [3.05, 3.63) is 22.6 Å². The molecule has 0 spiro atoms. The normalized spacial score (nSPS) is 19.8. The molecule has 4 N–H and O–H groups in total. The smallest absolute Gasteiger partial charge is 0.256 e. The fraction of sp³-hybridized carbons (Fsp3) is 0.500. The van der Waals surface area contributed by atoms with E-state index >= 15 is 0 Å². The van der Waals surface area contributed by atoms with Crippen LogP contribution in [0.15, 0.2) is 26.6 Å². The highest BCUT2D eigenvalue weighted by molar-refractivity contribution is 9.10. The van der Waals surface area contributed by atoms with Crippen LogP contribution in [0.5, 0.6) is 0 Å². The van der Waals surface area contributed by atoms with Crippen LogP contribution >= 0.6 is 15.9 Å². The molecule has 1 aromatic heterocycles. The molecule has 1 amide bonds. The summed E-state index contributed by atoms with van der Waals surface area (Å²) in [6.07, 6.45) is 2.59. The lowest BCUT2D eigenvalue weighted by atomic mass is 9.86. The number of nitrogens with zero attached hydrogens (tertiary/aromatic N) is 2. The highest BCUT2D eigenvalue weighted by Gasteiger charge is 2.40. The third-order valence-electron chi connectivity index (χ3n) is 3.65. The Balaban J connectivity index is 2.21. The van der Waals surface area contributed by atoms with E-state index in [4.69, 9.17) is 15.4 Å². The van der Waals surface area contributed by atoms with Gasteiger partial charge in [-0.3, -0.25) is 4.79 Å². The van der Waals surface area contributed by atoms with Gasteiger partial charge in [-0.2, -0.15) is 0 Å². The second kappa shape index (κ2) is 5.84. The van der Waals surface area contributed by atoms with E-state index in [2.05, 4.69) is 31.3 Å². The van der Waals surface area contributed by atoms with Crippen LogP contribution in [-0.2, 0) is 0 Å².